The molecule has 3 fully saturated rings. The average Bonchev–Trinajstić information content (AvgIpc) is 2.11. The maximum absolute atomic E-state index is 3.70. The minimum absolute atomic E-state index is 0.853. The van der Waals surface area contributed by atoms with Crippen molar-refractivity contribution in [2.45, 2.75) is 24.9 Å². The molecule has 0 aromatic carbocycles. The fourth-order valence-electron chi connectivity index (χ4n) is 2.91. The molecule has 0 aromatic heterocycles. The van der Waals surface area contributed by atoms with Crippen LogP contribution in [-0.4, -0.2) is 36.6 Å². The molecule has 3 aliphatic heterocycles. The smallest absolute Gasteiger partial charge is 0.0201 e. The summed E-state index contributed by atoms with van der Waals surface area (Å²) in [6.45, 7) is 4.06. The topological polar surface area (TPSA) is 15.3 Å². The number of hydrogen-bond acceptors (Lipinski definition) is 2. The summed E-state index contributed by atoms with van der Waals surface area (Å²) in [5.41, 5.74) is 0. The number of nitrogens with zero attached hydrogens (tertiary/aromatic N) is 1. The molecule has 0 radical (unpaired) electrons. The SMILES string of the molecule is C1CN2CC3C[C@@H](C2)NC13. The highest BCUT2D eigenvalue weighted by atomic mass is 15.2. The first-order valence-corrected chi connectivity index (χ1v) is 4.40. The number of piperidine rings is 2. The number of rotatable bonds is 0. The maximum Gasteiger partial charge on any atom is 0.0201 e. The summed E-state index contributed by atoms with van der Waals surface area (Å²) in [7, 11) is 0. The van der Waals surface area contributed by atoms with E-state index in [1.54, 1.807) is 0 Å². The number of hydrogen-bond donors (Lipinski definition) is 1. The van der Waals surface area contributed by atoms with Crippen molar-refractivity contribution in [1.29, 1.82) is 0 Å². The van der Waals surface area contributed by atoms with Crippen molar-refractivity contribution in [3.63, 3.8) is 0 Å². The Balaban J connectivity index is 1.94. The maximum atomic E-state index is 3.70. The van der Waals surface area contributed by atoms with Gasteiger partial charge in [-0.1, -0.05) is 0 Å². The average molecular weight is 138 g/mol. The van der Waals surface area contributed by atoms with Crippen LogP contribution < -0.4 is 5.32 Å². The predicted octanol–water partition coefficient (Wildman–Crippen LogP) is 0.0524. The van der Waals surface area contributed by atoms with Gasteiger partial charge in [0.2, 0.25) is 0 Å². The monoisotopic (exact) mass is 138 g/mol. The van der Waals surface area contributed by atoms with E-state index in [0.717, 1.165) is 18.0 Å². The van der Waals surface area contributed by atoms with Crippen molar-refractivity contribution >= 4 is 0 Å². The summed E-state index contributed by atoms with van der Waals surface area (Å²) >= 11 is 0. The first-order valence-electron chi connectivity index (χ1n) is 4.40. The highest BCUT2D eigenvalue weighted by molar-refractivity contribution is 5.01. The predicted molar refractivity (Wildman–Crippen MR) is 39.9 cm³/mol. The summed E-state index contributed by atoms with van der Waals surface area (Å²) in [6.07, 6.45) is 2.86. The van der Waals surface area contributed by atoms with Crippen LogP contribution in [0, 0.1) is 5.92 Å². The Morgan fingerprint density at radius 3 is 3.30 bits per heavy atom. The second-order valence-corrected chi connectivity index (χ2v) is 4.01. The zero-order valence-corrected chi connectivity index (χ0v) is 6.21. The van der Waals surface area contributed by atoms with Crippen LogP contribution >= 0.6 is 0 Å². The van der Waals surface area contributed by atoms with Gasteiger partial charge in [-0.15, -0.1) is 0 Å². The summed E-state index contributed by atoms with van der Waals surface area (Å²) in [6, 6.07) is 1.75. The molecule has 3 rings (SSSR count). The van der Waals surface area contributed by atoms with E-state index in [-0.39, 0.29) is 0 Å². The molecule has 0 aromatic rings. The molecule has 3 bridgehead atoms. The Morgan fingerprint density at radius 2 is 2.30 bits per heavy atom. The molecule has 0 saturated carbocycles. The van der Waals surface area contributed by atoms with Gasteiger partial charge in [-0.3, -0.25) is 0 Å². The molecule has 2 heteroatoms. The van der Waals surface area contributed by atoms with E-state index in [2.05, 4.69) is 10.2 Å². The summed E-state index contributed by atoms with van der Waals surface area (Å²) in [5, 5.41) is 3.70. The van der Waals surface area contributed by atoms with Gasteiger partial charge < -0.3 is 10.2 Å². The van der Waals surface area contributed by atoms with Crippen LogP contribution in [0.2, 0.25) is 0 Å². The lowest BCUT2D eigenvalue weighted by molar-refractivity contribution is 0.149. The number of nitrogens with one attached hydrogen (secondary N) is 1. The Labute approximate surface area is 61.6 Å². The normalized spacial score (nSPS) is 57.6. The first-order chi connectivity index (χ1) is 4.92. The van der Waals surface area contributed by atoms with Crippen LogP contribution in [-0.2, 0) is 0 Å². The Kier molecular flexibility index (Phi) is 0.968. The second-order valence-electron chi connectivity index (χ2n) is 4.01. The highest BCUT2D eigenvalue weighted by Crippen LogP contribution is 2.32. The van der Waals surface area contributed by atoms with Crippen LogP contribution in [0.4, 0.5) is 0 Å². The van der Waals surface area contributed by atoms with Gasteiger partial charge in [-0.2, -0.15) is 0 Å². The molecular formula is C8H14N2. The third-order valence-corrected chi connectivity index (χ3v) is 3.33. The fourth-order valence-corrected chi connectivity index (χ4v) is 2.91. The molecule has 56 valence electrons. The molecule has 0 aliphatic carbocycles. The molecule has 2 nitrogen and oxygen atoms in total. The van der Waals surface area contributed by atoms with Gasteiger partial charge in [0.15, 0.2) is 0 Å². The zero-order chi connectivity index (χ0) is 6.55. The highest BCUT2D eigenvalue weighted by Gasteiger charge is 2.42. The molecule has 4 atom stereocenters. The van der Waals surface area contributed by atoms with E-state index < -0.39 is 0 Å². The fraction of sp³-hybridized carbons (Fsp3) is 1.00. The van der Waals surface area contributed by atoms with E-state index in [4.69, 9.17) is 0 Å². The Morgan fingerprint density at radius 1 is 1.30 bits per heavy atom. The van der Waals surface area contributed by atoms with Crippen molar-refractivity contribution in [1.82, 2.24) is 10.2 Å². The molecule has 10 heavy (non-hydrogen) atoms. The molecule has 3 saturated heterocycles. The zero-order valence-electron chi connectivity index (χ0n) is 6.21. The molecule has 1 N–H and O–H groups in total. The summed E-state index contributed by atoms with van der Waals surface area (Å²) < 4.78 is 0. The number of fused-ring (bicyclic) bond motifs is 2. The van der Waals surface area contributed by atoms with Gasteiger partial charge in [0.1, 0.15) is 0 Å². The molecule has 0 spiro atoms. The Bertz CT molecular complexity index is 147. The van der Waals surface area contributed by atoms with Gasteiger partial charge in [0, 0.05) is 25.2 Å². The van der Waals surface area contributed by atoms with Crippen LogP contribution in [0.5, 0.6) is 0 Å². The van der Waals surface area contributed by atoms with Gasteiger partial charge in [-0.05, 0) is 25.3 Å². The van der Waals surface area contributed by atoms with Crippen molar-refractivity contribution in [2.75, 3.05) is 19.6 Å². The molecule has 0 amide bonds. The van der Waals surface area contributed by atoms with E-state index in [1.807, 2.05) is 0 Å². The molecule has 3 aliphatic rings. The molecule has 3 unspecified atom stereocenters. The lowest BCUT2D eigenvalue weighted by Crippen LogP contribution is -2.44. The Hall–Kier alpha value is -0.0800. The van der Waals surface area contributed by atoms with Gasteiger partial charge >= 0.3 is 0 Å². The van der Waals surface area contributed by atoms with E-state index >= 15 is 0 Å². The van der Waals surface area contributed by atoms with Crippen LogP contribution in [0.15, 0.2) is 0 Å². The minimum Gasteiger partial charge on any atom is -0.310 e. The summed E-state index contributed by atoms with van der Waals surface area (Å²) in [5.74, 6) is 1.01. The van der Waals surface area contributed by atoms with E-state index in [1.165, 1.54) is 32.5 Å². The quantitative estimate of drug-likeness (QED) is 0.509. The van der Waals surface area contributed by atoms with Crippen LogP contribution in [0.25, 0.3) is 0 Å². The van der Waals surface area contributed by atoms with E-state index in [0.29, 0.717) is 0 Å². The van der Waals surface area contributed by atoms with Crippen LogP contribution in [0.1, 0.15) is 12.8 Å². The van der Waals surface area contributed by atoms with Crippen molar-refractivity contribution < 1.29 is 0 Å². The third kappa shape index (κ3) is 0.611. The lowest BCUT2D eigenvalue weighted by Gasteiger charge is -2.35. The second kappa shape index (κ2) is 1.74. The largest absolute Gasteiger partial charge is 0.310 e. The van der Waals surface area contributed by atoms with E-state index in [9.17, 15) is 0 Å². The van der Waals surface area contributed by atoms with Gasteiger partial charge in [0.25, 0.3) is 0 Å². The van der Waals surface area contributed by atoms with Gasteiger partial charge in [0.05, 0.1) is 0 Å². The molecule has 3 heterocycles. The van der Waals surface area contributed by atoms with Crippen molar-refractivity contribution in [3.8, 4) is 0 Å². The lowest BCUT2D eigenvalue weighted by atomic mass is 9.89. The minimum atomic E-state index is 0.853. The van der Waals surface area contributed by atoms with Crippen molar-refractivity contribution in [3.05, 3.63) is 0 Å². The van der Waals surface area contributed by atoms with Gasteiger partial charge in [-0.25, -0.2) is 0 Å². The standard InChI is InChI=1S/C8H14N2/c1-2-10-4-6-3-7(5-10)9-8(1)6/h6-9H,1-5H2/t6?,7-,8?/m0/s1. The summed E-state index contributed by atoms with van der Waals surface area (Å²) in [4.78, 5) is 2.62. The first kappa shape index (κ1) is 5.56. The van der Waals surface area contributed by atoms with Crippen molar-refractivity contribution in [2.24, 2.45) is 5.92 Å². The third-order valence-electron chi connectivity index (χ3n) is 3.33. The molecular weight excluding hydrogens is 124 g/mol. The van der Waals surface area contributed by atoms with Crippen LogP contribution in [0.3, 0.4) is 0 Å².